The van der Waals surface area contributed by atoms with Crippen molar-refractivity contribution in [1.82, 2.24) is 14.5 Å². The van der Waals surface area contributed by atoms with Gasteiger partial charge in [-0.25, -0.2) is 14.4 Å². The van der Waals surface area contributed by atoms with Gasteiger partial charge in [-0.3, -0.25) is 0 Å². The average Bonchev–Trinajstić information content (AvgIpc) is 2.86. The number of ether oxygens (including phenoxy) is 1. The lowest BCUT2D eigenvalue weighted by molar-refractivity contribution is 0.194. The van der Waals surface area contributed by atoms with Gasteiger partial charge in [0.05, 0.1) is 6.54 Å². The van der Waals surface area contributed by atoms with Gasteiger partial charge in [-0.1, -0.05) is 12.1 Å². The number of halogens is 1. The van der Waals surface area contributed by atoms with Crippen LogP contribution in [0.1, 0.15) is 17.8 Å². The Morgan fingerprint density at radius 3 is 2.95 bits per heavy atom. The largest absolute Gasteiger partial charge is 0.385 e. The summed E-state index contributed by atoms with van der Waals surface area (Å²) in [6, 6.07) is 10.5. The first-order valence-electron chi connectivity index (χ1n) is 7.31. The molecule has 4 nitrogen and oxygen atoms in total. The van der Waals surface area contributed by atoms with Crippen LogP contribution in [0.2, 0.25) is 0 Å². The summed E-state index contributed by atoms with van der Waals surface area (Å²) >= 11 is 0. The van der Waals surface area contributed by atoms with Crippen molar-refractivity contribution in [1.29, 1.82) is 0 Å². The highest BCUT2D eigenvalue weighted by atomic mass is 19.1. The van der Waals surface area contributed by atoms with Gasteiger partial charge < -0.3 is 9.30 Å². The molecule has 0 atom stereocenters. The fourth-order valence-electron chi connectivity index (χ4n) is 2.55. The predicted octanol–water partition coefficient (Wildman–Crippen LogP) is 3.20. The van der Waals surface area contributed by atoms with Gasteiger partial charge in [0.1, 0.15) is 17.2 Å². The molecule has 3 rings (SSSR count). The van der Waals surface area contributed by atoms with E-state index in [0.29, 0.717) is 13.2 Å². The molecule has 2 aromatic heterocycles. The number of benzene rings is 1. The quantitative estimate of drug-likeness (QED) is 0.656. The monoisotopic (exact) mass is 299 g/mol. The third-order valence-electron chi connectivity index (χ3n) is 3.56. The summed E-state index contributed by atoms with van der Waals surface area (Å²) in [5.41, 5.74) is 2.60. The third kappa shape index (κ3) is 3.14. The zero-order chi connectivity index (χ0) is 15.4. The Balaban J connectivity index is 1.96. The van der Waals surface area contributed by atoms with Gasteiger partial charge in [-0.15, -0.1) is 0 Å². The van der Waals surface area contributed by atoms with Gasteiger partial charge in [-0.2, -0.15) is 0 Å². The smallest absolute Gasteiger partial charge is 0.160 e. The summed E-state index contributed by atoms with van der Waals surface area (Å²) in [5, 5.41) is 0. The SMILES string of the molecule is COCCCc1nc2cccnc2n1Cc1cccc(F)c1. The normalized spacial score (nSPS) is 11.2. The molecule has 0 amide bonds. The average molecular weight is 299 g/mol. The Bertz CT molecular complexity index is 769. The van der Waals surface area contributed by atoms with E-state index >= 15 is 0 Å². The number of pyridine rings is 1. The summed E-state index contributed by atoms with van der Waals surface area (Å²) in [7, 11) is 1.69. The summed E-state index contributed by atoms with van der Waals surface area (Å²) in [5.74, 6) is 0.728. The molecule has 0 spiro atoms. The van der Waals surface area contributed by atoms with E-state index in [1.54, 1.807) is 25.4 Å². The molecule has 0 fully saturated rings. The van der Waals surface area contributed by atoms with Crippen LogP contribution in [-0.2, 0) is 17.7 Å². The highest BCUT2D eigenvalue weighted by Gasteiger charge is 2.12. The molecule has 0 saturated carbocycles. The highest BCUT2D eigenvalue weighted by Crippen LogP contribution is 2.17. The molecule has 3 aromatic rings. The van der Waals surface area contributed by atoms with Crippen LogP contribution in [0.4, 0.5) is 4.39 Å². The van der Waals surface area contributed by atoms with E-state index in [9.17, 15) is 4.39 Å². The molecule has 0 unspecified atom stereocenters. The third-order valence-corrected chi connectivity index (χ3v) is 3.56. The molecule has 0 N–H and O–H groups in total. The first-order chi connectivity index (χ1) is 10.8. The summed E-state index contributed by atoms with van der Waals surface area (Å²) in [6.07, 6.45) is 3.45. The Morgan fingerprint density at radius 1 is 1.23 bits per heavy atom. The number of methoxy groups -OCH3 is 1. The van der Waals surface area contributed by atoms with Gasteiger partial charge in [0, 0.05) is 26.3 Å². The fourth-order valence-corrected chi connectivity index (χ4v) is 2.55. The zero-order valence-corrected chi connectivity index (χ0v) is 12.5. The second-order valence-corrected chi connectivity index (χ2v) is 5.19. The number of aromatic nitrogens is 3. The van der Waals surface area contributed by atoms with Crippen molar-refractivity contribution in [3.05, 3.63) is 59.8 Å². The standard InChI is InChI=1S/C17H18FN3O/c1-22-10-4-8-16-20-15-7-3-9-19-17(15)21(16)12-13-5-2-6-14(18)11-13/h2-3,5-7,9,11H,4,8,10,12H2,1H3. The van der Waals surface area contributed by atoms with Gasteiger partial charge >= 0.3 is 0 Å². The number of imidazole rings is 1. The van der Waals surface area contributed by atoms with E-state index in [2.05, 4.69) is 14.5 Å². The number of aryl methyl sites for hydroxylation is 1. The van der Waals surface area contributed by atoms with E-state index in [4.69, 9.17) is 4.74 Å². The maximum atomic E-state index is 13.4. The highest BCUT2D eigenvalue weighted by molar-refractivity contribution is 5.71. The van der Waals surface area contributed by atoms with Crippen molar-refractivity contribution in [3.8, 4) is 0 Å². The van der Waals surface area contributed by atoms with E-state index < -0.39 is 0 Å². The second kappa shape index (κ2) is 6.66. The van der Waals surface area contributed by atoms with Crippen molar-refractivity contribution in [3.63, 3.8) is 0 Å². The van der Waals surface area contributed by atoms with Crippen LogP contribution in [0.3, 0.4) is 0 Å². The van der Waals surface area contributed by atoms with Crippen molar-refractivity contribution in [2.45, 2.75) is 19.4 Å². The van der Waals surface area contributed by atoms with Crippen LogP contribution in [0, 0.1) is 5.82 Å². The van der Waals surface area contributed by atoms with Crippen LogP contribution < -0.4 is 0 Å². The van der Waals surface area contributed by atoms with Crippen molar-refractivity contribution in [2.24, 2.45) is 0 Å². The molecule has 0 radical (unpaired) electrons. The van der Waals surface area contributed by atoms with Gasteiger partial charge in [-0.05, 0) is 36.2 Å². The number of hydrogen-bond acceptors (Lipinski definition) is 3. The minimum absolute atomic E-state index is 0.226. The molecule has 0 aliphatic heterocycles. The van der Waals surface area contributed by atoms with E-state index in [1.807, 2.05) is 18.2 Å². The minimum atomic E-state index is -0.226. The Morgan fingerprint density at radius 2 is 2.14 bits per heavy atom. The van der Waals surface area contributed by atoms with Gasteiger partial charge in [0.25, 0.3) is 0 Å². The molecule has 5 heteroatoms. The maximum Gasteiger partial charge on any atom is 0.160 e. The molecule has 1 aromatic carbocycles. The molecule has 22 heavy (non-hydrogen) atoms. The van der Waals surface area contributed by atoms with Gasteiger partial charge in [0.2, 0.25) is 0 Å². The Labute approximate surface area is 128 Å². The fraction of sp³-hybridized carbons (Fsp3) is 0.294. The summed E-state index contributed by atoms with van der Waals surface area (Å²) < 4.78 is 20.6. The second-order valence-electron chi connectivity index (χ2n) is 5.19. The molecular weight excluding hydrogens is 281 g/mol. The molecule has 2 heterocycles. The van der Waals surface area contributed by atoms with E-state index in [1.165, 1.54) is 6.07 Å². The lowest BCUT2D eigenvalue weighted by Crippen LogP contribution is -2.07. The van der Waals surface area contributed by atoms with Crippen LogP contribution in [0.15, 0.2) is 42.6 Å². The number of rotatable bonds is 6. The first kappa shape index (κ1) is 14.7. The topological polar surface area (TPSA) is 39.9 Å². The van der Waals surface area contributed by atoms with Crippen LogP contribution in [0.25, 0.3) is 11.2 Å². The maximum absolute atomic E-state index is 13.4. The summed E-state index contributed by atoms with van der Waals surface area (Å²) in [6.45, 7) is 1.25. The molecule has 0 bridgehead atoms. The Kier molecular flexibility index (Phi) is 4.44. The molecule has 0 aliphatic carbocycles. The van der Waals surface area contributed by atoms with Crippen molar-refractivity contribution in [2.75, 3.05) is 13.7 Å². The van der Waals surface area contributed by atoms with E-state index in [-0.39, 0.29) is 5.82 Å². The number of hydrogen-bond donors (Lipinski definition) is 0. The van der Waals surface area contributed by atoms with Crippen molar-refractivity contribution >= 4 is 11.2 Å². The predicted molar refractivity (Wildman–Crippen MR) is 83.2 cm³/mol. The Hall–Kier alpha value is -2.27. The molecule has 114 valence electrons. The molecule has 0 saturated heterocycles. The first-order valence-corrected chi connectivity index (χ1v) is 7.31. The van der Waals surface area contributed by atoms with Crippen LogP contribution >= 0.6 is 0 Å². The molecule has 0 aliphatic rings. The minimum Gasteiger partial charge on any atom is -0.385 e. The zero-order valence-electron chi connectivity index (χ0n) is 12.5. The van der Waals surface area contributed by atoms with Crippen LogP contribution in [0.5, 0.6) is 0 Å². The number of fused-ring (bicyclic) bond motifs is 1. The lowest BCUT2D eigenvalue weighted by Gasteiger charge is -2.09. The lowest BCUT2D eigenvalue weighted by atomic mass is 10.2. The van der Waals surface area contributed by atoms with Crippen LogP contribution in [-0.4, -0.2) is 28.3 Å². The van der Waals surface area contributed by atoms with Gasteiger partial charge in [0.15, 0.2) is 5.65 Å². The van der Waals surface area contributed by atoms with E-state index in [0.717, 1.165) is 35.4 Å². The molecular formula is C17H18FN3O. The van der Waals surface area contributed by atoms with Crippen molar-refractivity contribution < 1.29 is 9.13 Å². The summed E-state index contributed by atoms with van der Waals surface area (Å²) in [4.78, 5) is 9.08. The number of nitrogens with zero attached hydrogens (tertiary/aromatic N) is 3.